The standard InChI is InChI=1S/C20H21N7/c1-2-16(19-23-9-11-27(19)12-15-3-6-21-7-4-15)13-26(10-1)20-17-5-8-22-18(17)24-14-25-20/h3-9,11,14,16H,1-2,10,12-13H2,(H,22,24,25)/t16-/m1/s1. The molecule has 1 atom stereocenters. The Hall–Kier alpha value is -3.22. The van der Waals surface area contributed by atoms with Crippen molar-refractivity contribution in [2.45, 2.75) is 25.3 Å². The highest BCUT2D eigenvalue weighted by molar-refractivity contribution is 5.87. The number of hydrogen-bond acceptors (Lipinski definition) is 5. The number of nitrogens with one attached hydrogen (secondary N) is 1. The summed E-state index contributed by atoms with van der Waals surface area (Å²) in [6, 6.07) is 6.17. The van der Waals surface area contributed by atoms with Gasteiger partial charge in [-0.1, -0.05) is 0 Å². The molecule has 0 aromatic carbocycles. The van der Waals surface area contributed by atoms with E-state index in [0.717, 1.165) is 55.2 Å². The molecule has 1 aliphatic heterocycles. The highest BCUT2D eigenvalue weighted by Gasteiger charge is 2.26. The Bertz CT molecular complexity index is 1040. The zero-order valence-electron chi connectivity index (χ0n) is 15.0. The van der Waals surface area contributed by atoms with E-state index < -0.39 is 0 Å². The van der Waals surface area contributed by atoms with Gasteiger partial charge in [-0.3, -0.25) is 4.98 Å². The van der Waals surface area contributed by atoms with E-state index in [1.54, 1.807) is 6.33 Å². The van der Waals surface area contributed by atoms with E-state index >= 15 is 0 Å². The van der Waals surface area contributed by atoms with Gasteiger partial charge in [0.05, 0.1) is 5.39 Å². The summed E-state index contributed by atoms with van der Waals surface area (Å²) in [4.78, 5) is 23.2. The molecule has 1 aliphatic rings. The van der Waals surface area contributed by atoms with Crippen LogP contribution in [0.25, 0.3) is 11.0 Å². The van der Waals surface area contributed by atoms with E-state index in [1.807, 2.05) is 24.8 Å². The first kappa shape index (κ1) is 16.0. The SMILES string of the molecule is c1cc(Cn2ccnc2[C@@H]2CCCN(c3ncnc4[nH]ccc34)C2)ccn1. The van der Waals surface area contributed by atoms with Gasteiger partial charge in [0, 0.05) is 56.5 Å². The molecule has 27 heavy (non-hydrogen) atoms. The number of aromatic amines is 1. The molecular weight excluding hydrogens is 338 g/mol. The third-order valence-electron chi connectivity index (χ3n) is 5.27. The van der Waals surface area contributed by atoms with Gasteiger partial charge in [0.25, 0.3) is 0 Å². The smallest absolute Gasteiger partial charge is 0.142 e. The van der Waals surface area contributed by atoms with Crippen molar-refractivity contribution < 1.29 is 0 Å². The van der Waals surface area contributed by atoms with Gasteiger partial charge in [0.2, 0.25) is 0 Å². The Balaban J connectivity index is 1.41. The maximum absolute atomic E-state index is 4.70. The van der Waals surface area contributed by atoms with E-state index in [9.17, 15) is 0 Å². The highest BCUT2D eigenvalue weighted by atomic mass is 15.2. The van der Waals surface area contributed by atoms with Crippen molar-refractivity contribution >= 4 is 16.9 Å². The molecule has 7 nitrogen and oxygen atoms in total. The van der Waals surface area contributed by atoms with Crippen LogP contribution in [-0.4, -0.2) is 42.6 Å². The van der Waals surface area contributed by atoms with Crippen LogP contribution in [-0.2, 0) is 6.54 Å². The van der Waals surface area contributed by atoms with Crippen molar-refractivity contribution in [3.8, 4) is 0 Å². The predicted molar refractivity (Wildman–Crippen MR) is 104 cm³/mol. The lowest BCUT2D eigenvalue weighted by molar-refractivity contribution is 0.475. The van der Waals surface area contributed by atoms with Gasteiger partial charge in [-0.15, -0.1) is 0 Å². The van der Waals surface area contributed by atoms with Crippen LogP contribution in [0.2, 0.25) is 0 Å². The van der Waals surface area contributed by atoms with E-state index in [4.69, 9.17) is 4.98 Å². The van der Waals surface area contributed by atoms with Crippen molar-refractivity contribution in [1.29, 1.82) is 0 Å². The summed E-state index contributed by atoms with van der Waals surface area (Å²) in [6.07, 6.45) is 13.5. The van der Waals surface area contributed by atoms with Gasteiger partial charge in [0.15, 0.2) is 0 Å². The summed E-state index contributed by atoms with van der Waals surface area (Å²) in [5.41, 5.74) is 2.13. The van der Waals surface area contributed by atoms with Crippen molar-refractivity contribution in [2.75, 3.05) is 18.0 Å². The van der Waals surface area contributed by atoms with Gasteiger partial charge in [0.1, 0.15) is 23.6 Å². The molecule has 0 spiro atoms. The van der Waals surface area contributed by atoms with Crippen LogP contribution in [0, 0.1) is 0 Å². The van der Waals surface area contributed by atoms with Gasteiger partial charge < -0.3 is 14.5 Å². The Labute approximate surface area is 157 Å². The van der Waals surface area contributed by atoms with Gasteiger partial charge in [-0.05, 0) is 36.6 Å². The summed E-state index contributed by atoms with van der Waals surface area (Å²) in [6.45, 7) is 2.76. The zero-order valence-corrected chi connectivity index (χ0v) is 15.0. The quantitative estimate of drug-likeness (QED) is 0.606. The molecule has 1 N–H and O–H groups in total. The predicted octanol–water partition coefficient (Wildman–Crippen LogP) is 2.98. The number of nitrogens with zero attached hydrogens (tertiary/aromatic N) is 6. The second kappa shape index (κ2) is 6.83. The molecule has 1 fully saturated rings. The maximum Gasteiger partial charge on any atom is 0.142 e. The number of piperidine rings is 1. The number of aromatic nitrogens is 6. The Morgan fingerprint density at radius 3 is 2.93 bits per heavy atom. The average molecular weight is 359 g/mol. The Kier molecular flexibility index (Phi) is 4.04. The fraction of sp³-hybridized carbons (Fsp3) is 0.300. The molecule has 1 saturated heterocycles. The van der Waals surface area contributed by atoms with E-state index in [-0.39, 0.29) is 0 Å². The number of hydrogen-bond donors (Lipinski definition) is 1. The second-order valence-electron chi connectivity index (χ2n) is 6.99. The molecule has 5 rings (SSSR count). The number of rotatable bonds is 4. The normalized spacial score (nSPS) is 17.5. The fourth-order valence-electron chi connectivity index (χ4n) is 3.99. The summed E-state index contributed by atoms with van der Waals surface area (Å²) < 4.78 is 2.26. The van der Waals surface area contributed by atoms with Crippen LogP contribution in [0.5, 0.6) is 0 Å². The van der Waals surface area contributed by atoms with Crippen LogP contribution < -0.4 is 4.90 Å². The largest absolute Gasteiger partial charge is 0.355 e. The van der Waals surface area contributed by atoms with Crippen molar-refractivity contribution in [2.24, 2.45) is 0 Å². The van der Waals surface area contributed by atoms with Gasteiger partial charge >= 0.3 is 0 Å². The monoisotopic (exact) mass is 359 g/mol. The minimum absolute atomic E-state index is 0.388. The zero-order chi connectivity index (χ0) is 18.1. The molecule has 0 radical (unpaired) electrons. The molecule has 0 bridgehead atoms. The highest BCUT2D eigenvalue weighted by Crippen LogP contribution is 2.31. The first-order valence-corrected chi connectivity index (χ1v) is 9.31. The number of anilines is 1. The summed E-state index contributed by atoms with van der Waals surface area (Å²) in [7, 11) is 0. The Morgan fingerprint density at radius 2 is 2.00 bits per heavy atom. The van der Waals surface area contributed by atoms with Crippen LogP contribution in [0.4, 0.5) is 5.82 Å². The lowest BCUT2D eigenvalue weighted by Gasteiger charge is -2.33. The minimum Gasteiger partial charge on any atom is -0.355 e. The van der Waals surface area contributed by atoms with E-state index in [2.05, 4.69) is 53.8 Å². The van der Waals surface area contributed by atoms with Gasteiger partial charge in [-0.2, -0.15) is 0 Å². The maximum atomic E-state index is 4.70. The molecule has 0 amide bonds. The molecular formula is C20H21N7. The molecule has 0 saturated carbocycles. The lowest BCUT2D eigenvalue weighted by Crippen LogP contribution is -2.36. The van der Waals surface area contributed by atoms with Crippen LogP contribution >= 0.6 is 0 Å². The fourth-order valence-corrected chi connectivity index (χ4v) is 3.99. The Morgan fingerprint density at radius 1 is 1.07 bits per heavy atom. The number of fused-ring (bicyclic) bond motifs is 1. The number of imidazole rings is 1. The molecule has 136 valence electrons. The van der Waals surface area contributed by atoms with Crippen molar-refractivity contribution in [1.82, 2.24) is 29.5 Å². The van der Waals surface area contributed by atoms with Crippen molar-refractivity contribution in [3.05, 3.63) is 66.9 Å². The van der Waals surface area contributed by atoms with Crippen LogP contribution in [0.15, 0.2) is 55.5 Å². The molecule has 0 unspecified atom stereocenters. The summed E-state index contributed by atoms with van der Waals surface area (Å²) in [5.74, 6) is 2.55. The van der Waals surface area contributed by atoms with E-state index in [0.29, 0.717) is 5.92 Å². The number of pyridine rings is 1. The minimum atomic E-state index is 0.388. The topological polar surface area (TPSA) is 75.5 Å². The molecule has 4 aromatic rings. The van der Waals surface area contributed by atoms with Crippen LogP contribution in [0.3, 0.4) is 0 Å². The van der Waals surface area contributed by atoms with E-state index in [1.165, 1.54) is 5.56 Å². The molecule has 0 aliphatic carbocycles. The molecule has 5 heterocycles. The first-order valence-electron chi connectivity index (χ1n) is 9.31. The molecule has 4 aromatic heterocycles. The third-order valence-corrected chi connectivity index (χ3v) is 5.27. The van der Waals surface area contributed by atoms with Crippen molar-refractivity contribution in [3.63, 3.8) is 0 Å². The summed E-state index contributed by atoms with van der Waals surface area (Å²) in [5, 5.41) is 1.08. The van der Waals surface area contributed by atoms with Crippen LogP contribution in [0.1, 0.15) is 30.1 Å². The second-order valence-corrected chi connectivity index (χ2v) is 6.99. The molecule has 7 heteroatoms. The average Bonchev–Trinajstić information content (AvgIpc) is 3.38. The first-order chi connectivity index (χ1) is 13.4. The third kappa shape index (κ3) is 3.05. The van der Waals surface area contributed by atoms with Gasteiger partial charge in [-0.25, -0.2) is 15.0 Å². The lowest BCUT2D eigenvalue weighted by atomic mass is 9.97. The summed E-state index contributed by atoms with van der Waals surface area (Å²) >= 11 is 0. The number of H-pyrrole nitrogens is 1.